The summed E-state index contributed by atoms with van der Waals surface area (Å²) in [5, 5.41) is 11.5. The van der Waals surface area contributed by atoms with Crippen molar-refractivity contribution in [2.24, 2.45) is 0 Å². The number of piperazine rings is 1. The lowest BCUT2D eigenvalue weighted by Crippen LogP contribution is -2.48. The number of hydrogen-bond donors (Lipinski definition) is 1. The van der Waals surface area contributed by atoms with Crippen molar-refractivity contribution in [1.29, 1.82) is 0 Å². The normalized spacial score (nSPS) is 15.2. The third-order valence-electron chi connectivity index (χ3n) is 4.55. The molecule has 1 aliphatic rings. The fourth-order valence-corrected chi connectivity index (χ4v) is 2.95. The van der Waals surface area contributed by atoms with E-state index >= 15 is 0 Å². The van der Waals surface area contributed by atoms with E-state index in [-0.39, 0.29) is 5.91 Å². The fraction of sp³-hybridized carbons (Fsp3) is 0.421. The van der Waals surface area contributed by atoms with Crippen molar-refractivity contribution < 1.29 is 4.79 Å². The zero-order valence-corrected chi connectivity index (χ0v) is 14.7. The van der Waals surface area contributed by atoms with Gasteiger partial charge in [0, 0.05) is 32.7 Å². The number of nitrogens with zero attached hydrogens (tertiary/aromatic N) is 4. The summed E-state index contributed by atoms with van der Waals surface area (Å²) in [5.41, 5.74) is 1.69. The number of carbonyl (C=O) groups excluding carboxylic acids is 1. The van der Waals surface area contributed by atoms with Gasteiger partial charge >= 0.3 is 0 Å². The van der Waals surface area contributed by atoms with Crippen molar-refractivity contribution in [2.45, 2.75) is 13.3 Å². The third kappa shape index (κ3) is 4.76. The van der Waals surface area contributed by atoms with Gasteiger partial charge in [0.1, 0.15) is 5.82 Å². The van der Waals surface area contributed by atoms with Gasteiger partial charge in [0.25, 0.3) is 5.91 Å². The van der Waals surface area contributed by atoms with Crippen molar-refractivity contribution in [1.82, 2.24) is 20.0 Å². The molecule has 1 aromatic carbocycles. The summed E-state index contributed by atoms with van der Waals surface area (Å²) in [6.07, 6.45) is 0.922. The largest absolute Gasteiger partial charge is 0.368 e. The zero-order chi connectivity index (χ0) is 17.5. The van der Waals surface area contributed by atoms with Crippen LogP contribution in [-0.2, 0) is 6.42 Å². The molecule has 0 saturated carbocycles. The highest BCUT2D eigenvalue weighted by Gasteiger charge is 2.22. The van der Waals surface area contributed by atoms with Gasteiger partial charge in [-0.2, -0.15) is 0 Å². The molecule has 0 spiro atoms. The Hall–Kier alpha value is -2.47. The topological polar surface area (TPSA) is 61.4 Å². The molecular formula is C19H25N5O. The van der Waals surface area contributed by atoms with Crippen LogP contribution in [0.1, 0.15) is 23.0 Å². The van der Waals surface area contributed by atoms with Gasteiger partial charge in [-0.25, -0.2) is 0 Å². The minimum Gasteiger partial charge on any atom is -0.368 e. The fourth-order valence-electron chi connectivity index (χ4n) is 2.95. The van der Waals surface area contributed by atoms with Crippen LogP contribution in [0.15, 0.2) is 42.5 Å². The molecule has 0 atom stereocenters. The Kier molecular flexibility index (Phi) is 5.95. The van der Waals surface area contributed by atoms with Gasteiger partial charge in [-0.15, -0.1) is 10.2 Å². The predicted octanol–water partition coefficient (Wildman–Crippen LogP) is 1.91. The lowest BCUT2D eigenvalue weighted by atomic mass is 10.1. The van der Waals surface area contributed by atoms with E-state index in [9.17, 15) is 4.79 Å². The molecule has 132 valence electrons. The first-order valence-electron chi connectivity index (χ1n) is 8.89. The van der Waals surface area contributed by atoms with Crippen LogP contribution in [0.3, 0.4) is 0 Å². The summed E-state index contributed by atoms with van der Waals surface area (Å²) in [7, 11) is 0. The van der Waals surface area contributed by atoms with E-state index in [1.54, 1.807) is 6.07 Å². The number of hydrogen-bond acceptors (Lipinski definition) is 5. The molecule has 25 heavy (non-hydrogen) atoms. The molecule has 2 heterocycles. The van der Waals surface area contributed by atoms with Crippen LogP contribution in [0, 0.1) is 0 Å². The molecule has 0 unspecified atom stereocenters. The van der Waals surface area contributed by atoms with Gasteiger partial charge in [0.2, 0.25) is 0 Å². The van der Waals surface area contributed by atoms with Crippen LogP contribution >= 0.6 is 0 Å². The maximum absolute atomic E-state index is 12.5. The summed E-state index contributed by atoms with van der Waals surface area (Å²) in [4.78, 5) is 16.7. The number of amides is 1. The third-order valence-corrected chi connectivity index (χ3v) is 4.55. The Morgan fingerprint density at radius 3 is 2.44 bits per heavy atom. The van der Waals surface area contributed by atoms with E-state index in [0.717, 1.165) is 45.7 Å². The molecule has 3 rings (SSSR count). The molecule has 0 bridgehead atoms. The van der Waals surface area contributed by atoms with E-state index in [0.29, 0.717) is 11.5 Å². The Bertz CT molecular complexity index is 666. The molecule has 6 heteroatoms. The van der Waals surface area contributed by atoms with Crippen LogP contribution in [0.4, 0.5) is 5.82 Å². The van der Waals surface area contributed by atoms with Gasteiger partial charge in [-0.3, -0.25) is 4.79 Å². The van der Waals surface area contributed by atoms with Crippen molar-refractivity contribution in [3.8, 4) is 0 Å². The summed E-state index contributed by atoms with van der Waals surface area (Å²) in [6, 6.07) is 13.9. The van der Waals surface area contributed by atoms with Crippen molar-refractivity contribution in [3.05, 3.63) is 53.7 Å². The highest BCUT2D eigenvalue weighted by molar-refractivity contribution is 5.92. The molecule has 1 aliphatic heterocycles. The highest BCUT2D eigenvalue weighted by Crippen LogP contribution is 2.09. The average Bonchev–Trinajstić information content (AvgIpc) is 2.69. The second kappa shape index (κ2) is 8.58. The molecule has 1 amide bonds. The van der Waals surface area contributed by atoms with Crippen molar-refractivity contribution >= 4 is 11.7 Å². The molecule has 1 N–H and O–H groups in total. The molecule has 1 fully saturated rings. The number of carbonyl (C=O) groups is 1. The Morgan fingerprint density at radius 2 is 1.80 bits per heavy atom. The van der Waals surface area contributed by atoms with Gasteiger partial charge in [-0.1, -0.05) is 37.3 Å². The van der Waals surface area contributed by atoms with Crippen LogP contribution in [-0.4, -0.2) is 65.2 Å². The summed E-state index contributed by atoms with van der Waals surface area (Å²) >= 11 is 0. The predicted molar refractivity (Wildman–Crippen MR) is 98.7 cm³/mol. The van der Waals surface area contributed by atoms with Crippen LogP contribution in [0.5, 0.6) is 0 Å². The van der Waals surface area contributed by atoms with E-state index in [1.165, 1.54) is 5.56 Å². The maximum atomic E-state index is 12.5. The van der Waals surface area contributed by atoms with Gasteiger partial charge < -0.3 is 15.1 Å². The summed E-state index contributed by atoms with van der Waals surface area (Å²) < 4.78 is 0. The van der Waals surface area contributed by atoms with E-state index in [2.05, 4.69) is 39.5 Å². The number of nitrogens with one attached hydrogen (secondary N) is 1. The van der Waals surface area contributed by atoms with Crippen LogP contribution < -0.4 is 5.32 Å². The number of anilines is 1. The first-order valence-corrected chi connectivity index (χ1v) is 8.89. The van der Waals surface area contributed by atoms with E-state index < -0.39 is 0 Å². The SMILES string of the molecule is CCN1CCN(C(=O)c2ccc(NCCc3ccccc3)nn2)CC1. The smallest absolute Gasteiger partial charge is 0.274 e. The summed E-state index contributed by atoms with van der Waals surface area (Å²) in [5.74, 6) is 0.669. The average molecular weight is 339 g/mol. The first-order chi connectivity index (χ1) is 12.3. The van der Waals surface area contributed by atoms with E-state index in [4.69, 9.17) is 0 Å². The number of likely N-dealkylation sites (N-methyl/N-ethyl adjacent to an activating group) is 1. The minimum atomic E-state index is -0.0286. The number of benzene rings is 1. The molecule has 6 nitrogen and oxygen atoms in total. The molecule has 1 saturated heterocycles. The Morgan fingerprint density at radius 1 is 1.04 bits per heavy atom. The molecule has 1 aromatic heterocycles. The second-order valence-corrected chi connectivity index (χ2v) is 6.19. The monoisotopic (exact) mass is 339 g/mol. The molecule has 0 aliphatic carbocycles. The molecular weight excluding hydrogens is 314 g/mol. The number of aromatic nitrogens is 2. The van der Waals surface area contributed by atoms with Crippen LogP contribution in [0.2, 0.25) is 0 Å². The quantitative estimate of drug-likeness (QED) is 0.871. The molecule has 2 aromatic rings. The van der Waals surface area contributed by atoms with Crippen molar-refractivity contribution in [3.63, 3.8) is 0 Å². The number of rotatable bonds is 6. The standard InChI is InChI=1S/C19H25N5O/c1-2-23-12-14-24(15-13-23)19(25)17-8-9-18(22-21-17)20-11-10-16-6-4-3-5-7-16/h3-9H,2,10-15H2,1H3,(H,20,22). The van der Waals surface area contributed by atoms with Crippen LogP contribution in [0.25, 0.3) is 0 Å². The maximum Gasteiger partial charge on any atom is 0.274 e. The Labute approximate surface area is 148 Å². The van der Waals surface area contributed by atoms with Gasteiger partial charge in [0.05, 0.1) is 0 Å². The lowest BCUT2D eigenvalue weighted by molar-refractivity contribution is 0.0636. The highest BCUT2D eigenvalue weighted by atomic mass is 16.2. The van der Waals surface area contributed by atoms with Gasteiger partial charge in [0.15, 0.2) is 5.69 Å². The van der Waals surface area contributed by atoms with Crippen molar-refractivity contribution in [2.75, 3.05) is 44.6 Å². The van der Waals surface area contributed by atoms with Gasteiger partial charge in [-0.05, 0) is 30.7 Å². The lowest BCUT2D eigenvalue weighted by Gasteiger charge is -2.33. The minimum absolute atomic E-state index is 0.0286. The Balaban J connectivity index is 1.49. The summed E-state index contributed by atoms with van der Waals surface area (Å²) in [6.45, 7) is 7.32. The first kappa shape index (κ1) is 17.4. The van der Waals surface area contributed by atoms with E-state index in [1.807, 2.05) is 29.2 Å². The second-order valence-electron chi connectivity index (χ2n) is 6.19. The zero-order valence-electron chi connectivity index (χ0n) is 14.7. The molecule has 0 radical (unpaired) electrons.